The fourth-order valence-corrected chi connectivity index (χ4v) is 5.12. The third-order valence-corrected chi connectivity index (χ3v) is 6.54. The van der Waals surface area contributed by atoms with E-state index < -0.39 is 13.4 Å². The van der Waals surface area contributed by atoms with Crippen LogP contribution in [0.1, 0.15) is 24.8 Å². The van der Waals surface area contributed by atoms with Gasteiger partial charge in [0.1, 0.15) is 5.78 Å². The Balaban J connectivity index is 0.00000225. The van der Waals surface area contributed by atoms with Crippen LogP contribution in [0, 0.1) is 0 Å². The second-order valence-electron chi connectivity index (χ2n) is 6.09. The first-order valence-electron chi connectivity index (χ1n) is 7.98. The predicted molar refractivity (Wildman–Crippen MR) is 102 cm³/mol. The standard InChI is InChI=1S/C16H21N2O4PS.ClH/c19-15(9-11-10-24-14-7-2-1-5-12(11)14)18-16(23(20,21)22)13-6-3-4-8-17-13;/h1-2,5,7,10,13,16-17H,3-4,6,8-9H2,(H,18,19)(H2,20,21,22);1H. The molecule has 6 nitrogen and oxygen atoms in total. The van der Waals surface area contributed by atoms with Gasteiger partial charge in [-0.1, -0.05) is 24.6 Å². The summed E-state index contributed by atoms with van der Waals surface area (Å²) in [6.07, 6.45) is 2.66. The van der Waals surface area contributed by atoms with Crippen molar-refractivity contribution in [1.82, 2.24) is 10.6 Å². The Bertz CT molecular complexity index is 772. The molecule has 0 spiro atoms. The topological polar surface area (TPSA) is 98.7 Å². The van der Waals surface area contributed by atoms with Crippen LogP contribution >= 0.6 is 31.3 Å². The van der Waals surface area contributed by atoms with E-state index in [0.717, 1.165) is 28.5 Å². The fourth-order valence-electron chi connectivity index (χ4n) is 3.13. The van der Waals surface area contributed by atoms with Crippen LogP contribution in [0.3, 0.4) is 0 Å². The molecule has 1 aromatic carbocycles. The molecule has 1 aromatic heterocycles. The van der Waals surface area contributed by atoms with Gasteiger partial charge in [-0.05, 0) is 41.8 Å². The van der Waals surface area contributed by atoms with Crippen molar-refractivity contribution in [1.29, 1.82) is 0 Å². The second-order valence-corrected chi connectivity index (χ2v) is 8.74. The number of amides is 1. The highest BCUT2D eigenvalue weighted by Crippen LogP contribution is 2.42. The molecule has 1 aliphatic heterocycles. The van der Waals surface area contributed by atoms with Gasteiger partial charge in [0.05, 0.1) is 6.42 Å². The maximum Gasteiger partial charge on any atom is 0.349 e. The van der Waals surface area contributed by atoms with Crippen LogP contribution in [-0.2, 0) is 15.8 Å². The summed E-state index contributed by atoms with van der Waals surface area (Å²) in [6.45, 7) is 0.714. The number of hydrogen-bond acceptors (Lipinski definition) is 4. The number of fused-ring (bicyclic) bond motifs is 1. The molecule has 0 radical (unpaired) electrons. The molecule has 2 atom stereocenters. The van der Waals surface area contributed by atoms with Crippen molar-refractivity contribution >= 4 is 47.3 Å². The molecule has 0 aliphatic carbocycles. The molecule has 0 bridgehead atoms. The number of carbonyl (C=O) groups is 1. The number of piperidine rings is 1. The molecule has 1 amide bonds. The van der Waals surface area contributed by atoms with E-state index >= 15 is 0 Å². The summed E-state index contributed by atoms with van der Waals surface area (Å²) in [4.78, 5) is 31.6. The number of hydrogen-bond donors (Lipinski definition) is 4. The minimum Gasteiger partial charge on any atom is -0.340 e. The monoisotopic (exact) mass is 404 g/mol. The van der Waals surface area contributed by atoms with E-state index in [1.54, 1.807) is 11.3 Å². The number of thiophene rings is 1. The molecule has 138 valence electrons. The molecule has 25 heavy (non-hydrogen) atoms. The molecule has 1 aliphatic rings. The van der Waals surface area contributed by atoms with Gasteiger partial charge in [-0.15, -0.1) is 23.7 Å². The molecule has 2 unspecified atom stereocenters. The Morgan fingerprint density at radius 3 is 2.80 bits per heavy atom. The van der Waals surface area contributed by atoms with E-state index in [9.17, 15) is 19.1 Å². The van der Waals surface area contributed by atoms with Crippen LogP contribution in [0.15, 0.2) is 29.6 Å². The van der Waals surface area contributed by atoms with Crippen LogP contribution in [0.25, 0.3) is 10.1 Å². The quantitative estimate of drug-likeness (QED) is 0.574. The Morgan fingerprint density at radius 1 is 1.36 bits per heavy atom. The van der Waals surface area contributed by atoms with E-state index in [4.69, 9.17) is 0 Å². The van der Waals surface area contributed by atoms with Gasteiger partial charge in [-0.2, -0.15) is 0 Å². The number of carbonyl (C=O) groups excluding carboxylic acids is 1. The maximum absolute atomic E-state index is 12.4. The summed E-state index contributed by atoms with van der Waals surface area (Å²) in [6, 6.07) is 7.42. The molecular formula is C16H22ClN2O4PS. The van der Waals surface area contributed by atoms with Gasteiger partial charge < -0.3 is 20.4 Å². The van der Waals surface area contributed by atoms with Crippen LogP contribution in [0.4, 0.5) is 0 Å². The third-order valence-electron chi connectivity index (χ3n) is 4.31. The molecule has 3 rings (SSSR count). The zero-order valence-corrected chi connectivity index (χ0v) is 16.1. The Hall–Kier alpha value is -0.950. The van der Waals surface area contributed by atoms with Crippen molar-refractivity contribution in [3.63, 3.8) is 0 Å². The number of rotatable bonds is 5. The van der Waals surface area contributed by atoms with Crippen molar-refractivity contribution < 1.29 is 19.1 Å². The zero-order chi connectivity index (χ0) is 17.2. The molecule has 1 saturated heterocycles. The number of halogens is 1. The molecule has 9 heteroatoms. The molecule has 1 fully saturated rings. The summed E-state index contributed by atoms with van der Waals surface area (Å²) in [5, 5.41) is 8.63. The van der Waals surface area contributed by atoms with Gasteiger partial charge >= 0.3 is 7.60 Å². The van der Waals surface area contributed by atoms with Crippen LogP contribution in [0.2, 0.25) is 0 Å². The minimum absolute atomic E-state index is 0. The van der Waals surface area contributed by atoms with Gasteiger partial charge in [-0.3, -0.25) is 9.36 Å². The third kappa shape index (κ3) is 5.03. The van der Waals surface area contributed by atoms with E-state index in [-0.39, 0.29) is 30.8 Å². The lowest BCUT2D eigenvalue weighted by atomic mass is 10.0. The minimum atomic E-state index is -4.43. The zero-order valence-electron chi connectivity index (χ0n) is 13.6. The molecule has 0 saturated carbocycles. The maximum atomic E-state index is 12.4. The molecule has 4 N–H and O–H groups in total. The average Bonchev–Trinajstić information content (AvgIpc) is 2.96. The Labute approximate surface area is 156 Å². The Morgan fingerprint density at radius 2 is 2.12 bits per heavy atom. The van der Waals surface area contributed by atoms with Gasteiger partial charge in [0, 0.05) is 10.7 Å². The number of benzene rings is 1. The van der Waals surface area contributed by atoms with E-state index in [1.165, 1.54) is 0 Å². The predicted octanol–water partition coefficient (Wildman–Crippen LogP) is 2.63. The van der Waals surface area contributed by atoms with Crippen LogP contribution < -0.4 is 10.6 Å². The first kappa shape index (κ1) is 20.4. The summed E-state index contributed by atoms with van der Waals surface area (Å²) >= 11 is 1.56. The highest BCUT2D eigenvalue weighted by atomic mass is 35.5. The molecule has 2 heterocycles. The summed E-state index contributed by atoms with van der Waals surface area (Å²) in [7, 11) is -4.43. The lowest BCUT2D eigenvalue weighted by Crippen LogP contribution is -2.51. The van der Waals surface area contributed by atoms with Crippen LogP contribution in [0.5, 0.6) is 0 Å². The normalized spacial score (nSPS) is 19.2. The lowest BCUT2D eigenvalue weighted by molar-refractivity contribution is -0.121. The van der Waals surface area contributed by atoms with Crippen molar-refractivity contribution in [3.8, 4) is 0 Å². The lowest BCUT2D eigenvalue weighted by Gasteiger charge is -2.32. The highest BCUT2D eigenvalue weighted by molar-refractivity contribution is 7.52. The van der Waals surface area contributed by atoms with Gasteiger partial charge in [0.15, 0.2) is 0 Å². The molecular weight excluding hydrogens is 383 g/mol. The van der Waals surface area contributed by atoms with Gasteiger partial charge in [0.2, 0.25) is 5.91 Å². The second kappa shape index (κ2) is 8.62. The van der Waals surface area contributed by atoms with Crippen LogP contribution in [-0.4, -0.2) is 34.1 Å². The SMILES string of the molecule is Cl.O=C(Cc1csc2ccccc12)NC(C1CCCCN1)P(=O)(O)O. The summed E-state index contributed by atoms with van der Waals surface area (Å²) in [5.74, 6) is -1.53. The van der Waals surface area contributed by atoms with Crippen molar-refractivity contribution in [2.75, 3.05) is 6.54 Å². The van der Waals surface area contributed by atoms with E-state index in [2.05, 4.69) is 10.6 Å². The largest absolute Gasteiger partial charge is 0.349 e. The fraction of sp³-hybridized carbons (Fsp3) is 0.438. The van der Waals surface area contributed by atoms with Crippen molar-refractivity contribution in [2.24, 2.45) is 0 Å². The average molecular weight is 405 g/mol. The summed E-state index contributed by atoms with van der Waals surface area (Å²) in [5.41, 5.74) is 0.883. The number of nitrogens with one attached hydrogen (secondary N) is 2. The van der Waals surface area contributed by atoms with Gasteiger partial charge in [0.25, 0.3) is 0 Å². The van der Waals surface area contributed by atoms with Gasteiger partial charge in [-0.25, -0.2) is 0 Å². The first-order valence-corrected chi connectivity index (χ1v) is 10.5. The molecule has 2 aromatic rings. The van der Waals surface area contributed by atoms with Crippen molar-refractivity contribution in [2.45, 2.75) is 37.5 Å². The van der Waals surface area contributed by atoms with Crippen molar-refractivity contribution in [3.05, 3.63) is 35.2 Å². The first-order chi connectivity index (χ1) is 11.4. The van der Waals surface area contributed by atoms with E-state index in [1.807, 2.05) is 29.6 Å². The smallest absolute Gasteiger partial charge is 0.340 e. The summed E-state index contributed by atoms with van der Waals surface area (Å²) < 4.78 is 12.9. The van der Waals surface area contributed by atoms with E-state index in [0.29, 0.717) is 13.0 Å². The highest BCUT2D eigenvalue weighted by Gasteiger charge is 2.37. The Kier molecular flexibility index (Phi) is 7.02.